The molecule has 0 heterocycles. The quantitative estimate of drug-likeness (QED) is 0.355. The maximum atomic E-state index is 11.9. The molecule has 1 atom stereocenters. The van der Waals surface area contributed by atoms with Crippen LogP contribution in [0.1, 0.15) is 13.8 Å². The Morgan fingerprint density at radius 2 is 2.18 bits per heavy atom. The van der Waals surface area contributed by atoms with Crippen LogP contribution in [0.15, 0.2) is 5.18 Å². The summed E-state index contributed by atoms with van der Waals surface area (Å²) in [6.45, 7) is 1.23. The molecule has 5 nitrogen and oxygen atoms in total. The van der Waals surface area contributed by atoms with Crippen LogP contribution in [-0.4, -0.2) is 23.2 Å². The van der Waals surface area contributed by atoms with Crippen molar-refractivity contribution in [2.75, 3.05) is 6.67 Å². The molecular formula is C5H9FN2O3. The summed E-state index contributed by atoms with van der Waals surface area (Å²) in [6.07, 6.45) is 0. The van der Waals surface area contributed by atoms with Gasteiger partial charge in [-0.15, -0.1) is 0 Å². The second-order valence-corrected chi connectivity index (χ2v) is 2.69. The van der Waals surface area contributed by atoms with E-state index in [-0.39, 0.29) is 0 Å². The van der Waals surface area contributed by atoms with Gasteiger partial charge in [-0.05, 0) is 0 Å². The zero-order valence-electron chi connectivity index (χ0n) is 6.28. The first-order valence-electron chi connectivity index (χ1n) is 2.99. The Kier molecular flexibility index (Phi) is 3.03. The third kappa shape index (κ3) is 1.92. The standard InChI is InChI=1S/C5H9FN2O3/c1-5(2,8(10)11)4(3-6)7-9/h4H,3H2,1-2H3. The van der Waals surface area contributed by atoms with Crippen molar-refractivity contribution in [1.82, 2.24) is 0 Å². The Morgan fingerprint density at radius 3 is 2.27 bits per heavy atom. The van der Waals surface area contributed by atoms with Crippen LogP contribution in [0.4, 0.5) is 4.39 Å². The number of nitrogens with zero attached hydrogens (tertiary/aromatic N) is 2. The summed E-state index contributed by atoms with van der Waals surface area (Å²) in [6, 6.07) is -1.41. The minimum atomic E-state index is -1.61. The van der Waals surface area contributed by atoms with Crippen LogP contribution in [-0.2, 0) is 0 Å². The summed E-state index contributed by atoms with van der Waals surface area (Å²) in [4.78, 5) is 19.4. The van der Waals surface area contributed by atoms with Crippen molar-refractivity contribution in [3.63, 3.8) is 0 Å². The third-order valence-electron chi connectivity index (χ3n) is 1.56. The van der Waals surface area contributed by atoms with E-state index < -0.39 is 23.2 Å². The number of rotatable bonds is 4. The Bertz CT molecular complexity index is 171. The molecule has 0 aliphatic rings. The van der Waals surface area contributed by atoms with Crippen LogP contribution in [0, 0.1) is 15.0 Å². The Morgan fingerprint density at radius 1 is 1.73 bits per heavy atom. The molecule has 0 amide bonds. The van der Waals surface area contributed by atoms with Gasteiger partial charge < -0.3 is 0 Å². The SMILES string of the molecule is CC(C)(C(CF)N=O)[N+](=O)[O-]. The number of hydrogen-bond acceptors (Lipinski definition) is 4. The second kappa shape index (κ2) is 3.36. The first-order chi connectivity index (χ1) is 4.96. The van der Waals surface area contributed by atoms with Crippen LogP contribution in [0.25, 0.3) is 0 Å². The normalized spacial score (nSPS) is 14.1. The highest BCUT2D eigenvalue weighted by Crippen LogP contribution is 2.16. The van der Waals surface area contributed by atoms with E-state index in [1.54, 1.807) is 0 Å². The van der Waals surface area contributed by atoms with Crippen molar-refractivity contribution in [3.8, 4) is 0 Å². The van der Waals surface area contributed by atoms with Gasteiger partial charge in [-0.2, -0.15) is 4.91 Å². The zero-order chi connectivity index (χ0) is 9.07. The maximum absolute atomic E-state index is 11.9. The van der Waals surface area contributed by atoms with Crippen molar-refractivity contribution in [2.24, 2.45) is 5.18 Å². The molecule has 0 saturated heterocycles. The van der Waals surface area contributed by atoms with E-state index >= 15 is 0 Å². The Balaban J connectivity index is 4.49. The topological polar surface area (TPSA) is 72.6 Å². The van der Waals surface area contributed by atoms with Gasteiger partial charge in [0.15, 0.2) is 6.04 Å². The largest absolute Gasteiger partial charge is 0.264 e. The van der Waals surface area contributed by atoms with Crippen molar-refractivity contribution >= 4 is 0 Å². The number of nitroso groups, excluding NO2 is 1. The zero-order valence-corrected chi connectivity index (χ0v) is 6.28. The highest BCUT2D eigenvalue weighted by atomic mass is 19.1. The predicted octanol–water partition coefficient (Wildman–Crippen LogP) is 1.15. The summed E-state index contributed by atoms with van der Waals surface area (Å²) >= 11 is 0. The van der Waals surface area contributed by atoms with E-state index in [0.29, 0.717) is 0 Å². The molecule has 11 heavy (non-hydrogen) atoms. The summed E-state index contributed by atoms with van der Waals surface area (Å²) in [5.74, 6) is 0. The maximum Gasteiger partial charge on any atom is 0.244 e. The lowest BCUT2D eigenvalue weighted by molar-refractivity contribution is -0.564. The fourth-order valence-electron chi connectivity index (χ4n) is 0.468. The second-order valence-electron chi connectivity index (χ2n) is 2.69. The summed E-state index contributed by atoms with van der Waals surface area (Å²) in [7, 11) is 0. The van der Waals surface area contributed by atoms with Gasteiger partial charge in [-0.1, -0.05) is 5.18 Å². The van der Waals surface area contributed by atoms with Crippen LogP contribution < -0.4 is 0 Å². The molecule has 6 heteroatoms. The average Bonchev–Trinajstić information content (AvgIpc) is 1.89. The van der Waals surface area contributed by atoms with Crippen molar-refractivity contribution in [1.29, 1.82) is 0 Å². The fraction of sp³-hybridized carbons (Fsp3) is 1.00. The highest BCUT2D eigenvalue weighted by molar-refractivity contribution is 4.83. The number of nitro groups is 1. The molecule has 64 valence electrons. The lowest BCUT2D eigenvalue weighted by Gasteiger charge is -2.17. The molecule has 0 radical (unpaired) electrons. The van der Waals surface area contributed by atoms with E-state index in [2.05, 4.69) is 5.18 Å². The molecule has 0 aromatic rings. The van der Waals surface area contributed by atoms with Gasteiger partial charge in [0.25, 0.3) is 0 Å². The van der Waals surface area contributed by atoms with Gasteiger partial charge in [0.2, 0.25) is 5.54 Å². The van der Waals surface area contributed by atoms with Crippen LogP contribution >= 0.6 is 0 Å². The molecule has 0 aromatic carbocycles. The molecular weight excluding hydrogens is 155 g/mol. The van der Waals surface area contributed by atoms with Crippen LogP contribution in [0.2, 0.25) is 0 Å². The molecule has 0 saturated carbocycles. The highest BCUT2D eigenvalue weighted by Gasteiger charge is 2.42. The van der Waals surface area contributed by atoms with Crippen molar-refractivity contribution < 1.29 is 9.31 Å². The van der Waals surface area contributed by atoms with Crippen molar-refractivity contribution in [2.45, 2.75) is 25.4 Å². The van der Waals surface area contributed by atoms with Gasteiger partial charge in [-0.25, -0.2) is 4.39 Å². The molecule has 0 N–H and O–H groups in total. The third-order valence-corrected chi connectivity index (χ3v) is 1.56. The molecule has 0 aromatic heterocycles. The van der Waals surface area contributed by atoms with E-state index in [1.807, 2.05) is 0 Å². The fourth-order valence-corrected chi connectivity index (χ4v) is 0.468. The Hall–Kier alpha value is -1.07. The molecule has 1 unspecified atom stereocenters. The average molecular weight is 164 g/mol. The smallest absolute Gasteiger partial charge is 0.244 e. The van der Waals surface area contributed by atoms with Gasteiger partial charge in [0.1, 0.15) is 6.67 Å². The lowest BCUT2D eigenvalue weighted by Crippen LogP contribution is -2.43. The predicted molar refractivity (Wildman–Crippen MR) is 36.6 cm³/mol. The molecule has 0 bridgehead atoms. The molecule has 0 fully saturated rings. The monoisotopic (exact) mass is 164 g/mol. The van der Waals surface area contributed by atoms with Crippen molar-refractivity contribution in [3.05, 3.63) is 15.0 Å². The summed E-state index contributed by atoms with van der Waals surface area (Å²) in [5, 5.41) is 12.6. The van der Waals surface area contributed by atoms with Crippen LogP contribution in [0.5, 0.6) is 0 Å². The van der Waals surface area contributed by atoms with Gasteiger partial charge in [0.05, 0.1) is 0 Å². The van der Waals surface area contributed by atoms with Gasteiger partial charge in [-0.3, -0.25) is 10.1 Å². The molecule has 0 spiro atoms. The Labute approximate surface area is 62.7 Å². The van der Waals surface area contributed by atoms with Gasteiger partial charge in [0, 0.05) is 18.8 Å². The lowest BCUT2D eigenvalue weighted by atomic mass is 9.98. The van der Waals surface area contributed by atoms with E-state index in [1.165, 1.54) is 13.8 Å². The van der Waals surface area contributed by atoms with E-state index in [0.717, 1.165) is 0 Å². The van der Waals surface area contributed by atoms with Gasteiger partial charge >= 0.3 is 0 Å². The van der Waals surface area contributed by atoms with Crippen LogP contribution in [0.3, 0.4) is 0 Å². The molecule has 0 aliphatic carbocycles. The molecule has 0 aliphatic heterocycles. The number of halogens is 1. The summed E-state index contributed by atoms with van der Waals surface area (Å²) in [5.41, 5.74) is -1.61. The number of hydrogen-bond donors (Lipinski definition) is 0. The minimum Gasteiger partial charge on any atom is -0.264 e. The first kappa shape index (κ1) is 9.93. The summed E-state index contributed by atoms with van der Waals surface area (Å²) < 4.78 is 11.9. The molecule has 0 rings (SSSR count). The first-order valence-corrected chi connectivity index (χ1v) is 2.99. The minimum absolute atomic E-state index is 0.710. The number of alkyl halides is 1. The van der Waals surface area contributed by atoms with E-state index in [4.69, 9.17) is 0 Å². The van der Waals surface area contributed by atoms with E-state index in [9.17, 15) is 19.4 Å².